The molecule has 0 atom stereocenters. The summed E-state index contributed by atoms with van der Waals surface area (Å²) in [5.41, 5.74) is 1.98. The maximum absolute atomic E-state index is 11.4. The summed E-state index contributed by atoms with van der Waals surface area (Å²) in [5.74, 6) is 2.17. The van der Waals surface area contributed by atoms with E-state index in [1.54, 1.807) is 46.6 Å². The Morgan fingerprint density at radius 1 is 0.773 bits per heavy atom. The maximum atomic E-state index is 11.4. The molecular formula is C17H18O5. The topological polar surface area (TPSA) is 54.0 Å². The Labute approximate surface area is 129 Å². The van der Waals surface area contributed by atoms with Crippen molar-refractivity contribution in [2.45, 2.75) is 0 Å². The molecule has 22 heavy (non-hydrogen) atoms. The van der Waals surface area contributed by atoms with E-state index in [0.717, 1.165) is 17.4 Å². The number of hydrogen-bond donors (Lipinski definition) is 0. The van der Waals surface area contributed by atoms with Gasteiger partial charge in [-0.15, -0.1) is 0 Å². The third-order valence-corrected chi connectivity index (χ3v) is 3.38. The summed E-state index contributed by atoms with van der Waals surface area (Å²) in [4.78, 5) is 11.4. The van der Waals surface area contributed by atoms with E-state index in [1.807, 2.05) is 12.1 Å². The van der Waals surface area contributed by atoms with E-state index in [-0.39, 0.29) is 0 Å². The van der Waals surface area contributed by atoms with Crippen LogP contribution in [0.15, 0.2) is 30.3 Å². The molecule has 2 aromatic rings. The minimum Gasteiger partial charge on any atom is -0.497 e. The summed E-state index contributed by atoms with van der Waals surface area (Å²) in [6.07, 6.45) is 0.786. The number of carbonyl (C=O) groups is 1. The predicted molar refractivity (Wildman–Crippen MR) is 83.5 cm³/mol. The van der Waals surface area contributed by atoms with Crippen LogP contribution < -0.4 is 18.9 Å². The van der Waals surface area contributed by atoms with Crippen LogP contribution in [0, 0.1) is 0 Å². The second-order valence-corrected chi connectivity index (χ2v) is 4.45. The molecule has 0 unspecified atom stereocenters. The highest BCUT2D eigenvalue weighted by Crippen LogP contribution is 2.45. The van der Waals surface area contributed by atoms with Crippen molar-refractivity contribution in [2.75, 3.05) is 28.4 Å². The number of hydrogen-bond acceptors (Lipinski definition) is 5. The summed E-state index contributed by atoms with van der Waals surface area (Å²) in [7, 11) is 6.20. The lowest BCUT2D eigenvalue weighted by Gasteiger charge is -2.17. The van der Waals surface area contributed by atoms with E-state index >= 15 is 0 Å². The molecule has 0 N–H and O–H groups in total. The SMILES string of the molecule is COc1ccc(-c2ccc(OC)c(OC)c2OC)c(C=O)c1. The van der Waals surface area contributed by atoms with Gasteiger partial charge in [-0.3, -0.25) is 4.79 Å². The van der Waals surface area contributed by atoms with Crippen LogP contribution in [0.1, 0.15) is 10.4 Å². The molecule has 0 spiro atoms. The fourth-order valence-electron chi connectivity index (χ4n) is 2.32. The van der Waals surface area contributed by atoms with Crippen molar-refractivity contribution in [3.8, 4) is 34.1 Å². The highest BCUT2D eigenvalue weighted by molar-refractivity contribution is 5.91. The van der Waals surface area contributed by atoms with Gasteiger partial charge >= 0.3 is 0 Å². The number of methoxy groups -OCH3 is 4. The molecule has 116 valence electrons. The summed E-state index contributed by atoms with van der Waals surface area (Å²) in [6.45, 7) is 0. The first-order chi connectivity index (χ1) is 10.7. The highest BCUT2D eigenvalue weighted by Gasteiger charge is 2.19. The Balaban J connectivity index is 2.69. The smallest absolute Gasteiger partial charge is 0.203 e. The molecule has 0 fully saturated rings. The van der Waals surface area contributed by atoms with Gasteiger partial charge in [0.1, 0.15) is 5.75 Å². The van der Waals surface area contributed by atoms with Gasteiger partial charge in [-0.2, -0.15) is 0 Å². The minimum absolute atomic E-state index is 0.482. The minimum atomic E-state index is 0.482. The first-order valence-corrected chi connectivity index (χ1v) is 6.62. The lowest BCUT2D eigenvalue weighted by atomic mass is 9.98. The van der Waals surface area contributed by atoms with Crippen molar-refractivity contribution in [1.82, 2.24) is 0 Å². The Kier molecular flexibility index (Phi) is 4.88. The van der Waals surface area contributed by atoms with Crippen LogP contribution in [0.3, 0.4) is 0 Å². The van der Waals surface area contributed by atoms with Crippen molar-refractivity contribution in [1.29, 1.82) is 0 Å². The summed E-state index contributed by atoms with van der Waals surface area (Å²) >= 11 is 0. The van der Waals surface area contributed by atoms with Crippen LogP contribution in [-0.4, -0.2) is 34.7 Å². The Hall–Kier alpha value is -2.69. The fraction of sp³-hybridized carbons (Fsp3) is 0.235. The fourth-order valence-corrected chi connectivity index (χ4v) is 2.32. The van der Waals surface area contributed by atoms with Crippen LogP contribution in [0.4, 0.5) is 0 Å². The van der Waals surface area contributed by atoms with Crippen LogP contribution in [0.25, 0.3) is 11.1 Å². The standard InChI is InChI=1S/C17H18O5/c1-19-12-5-6-13(11(9-12)10-18)14-7-8-15(20-2)17(22-4)16(14)21-3/h5-10H,1-4H3. The zero-order valence-electron chi connectivity index (χ0n) is 13.0. The van der Waals surface area contributed by atoms with E-state index in [9.17, 15) is 4.79 Å². The van der Waals surface area contributed by atoms with Gasteiger partial charge in [0.25, 0.3) is 0 Å². The molecule has 0 heterocycles. The molecule has 0 aromatic heterocycles. The first kappa shape index (κ1) is 15.7. The van der Waals surface area contributed by atoms with E-state index in [0.29, 0.717) is 28.6 Å². The predicted octanol–water partition coefficient (Wildman–Crippen LogP) is 3.20. The lowest BCUT2D eigenvalue weighted by molar-refractivity contribution is 0.112. The van der Waals surface area contributed by atoms with Crippen molar-refractivity contribution >= 4 is 6.29 Å². The number of carbonyl (C=O) groups excluding carboxylic acids is 1. The summed E-state index contributed by atoms with van der Waals surface area (Å²) in [6, 6.07) is 8.88. The second kappa shape index (κ2) is 6.85. The summed E-state index contributed by atoms with van der Waals surface area (Å²) < 4.78 is 21.3. The van der Waals surface area contributed by atoms with Crippen LogP contribution in [0.2, 0.25) is 0 Å². The van der Waals surface area contributed by atoms with E-state index in [2.05, 4.69) is 0 Å². The van der Waals surface area contributed by atoms with Crippen molar-refractivity contribution < 1.29 is 23.7 Å². The average molecular weight is 302 g/mol. The van der Waals surface area contributed by atoms with Crippen LogP contribution >= 0.6 is 0 Å². The second-order valence-electron chi connectivity index (χ2n) is 4.45. The van der Waals surface area contributed by atoms with Crippen molar-refractivity contribution in [2.24, 2.45) is 0 Å². The number of benzene rings is 2. The van der Waals surface area contributed by atoms with Gasteiger partial charge in [0.2, 0.25) is 5.75 Å². The average Bonchev–Trinajstić information content (AvgIpc) is 2.59. The normalized spacial score (nSPS) is 10.0. The van der Waals surface area contributed by atoms with Crippen LogP contribution in [0.5, 0.6) is 23.0 Å². The lowest BCUT2D eigenvalue weighted by Crippen LogP contribution is -1.98. The Morgan fingerprint density at radius 3 is 2.00 bits per heavy atom. The van der Waals surface area contributed by atoms with Gasteiger partial charge in [0.15, 0.2) is 17.8 Å². The van der Waals surface area contributed by atoms with Gasteiger partial charge in [0.05, 0.1) is 28.4 Å². The molecule has 0 bridgehead atoms. The van der Waals surface area contributed by atoms with E-state index in [1.165, 1.54) is 0 Å². The molecule has 0 aliphatic heterocycles. The molecule has 5 nitrogen and oxygen atoms in total. The summed E-state index contributed by atoms with van der Waals surface area (Å²) in [5, 5.41) is 0. The zero-order valence-corrected chi connectivity index (χ0v) is 13.0. The van der Waals surface area contributed by atoms with Crippen molar-refractivity contribution in [3.63, 3.8) is 0 Å². The molecule has 0 aliphatic rings. The first-order valence-electron chi connectivity index (χ1n) is 6.62. The van der Waals surface area contributed by atoms with E-state index in [4.69, 9.17) is 18.9 Å². The monoisotopic (exact) mass is 302 g/mol. The Morgan fingerprint density at radius 2 is 1.45 bits per heavy atom. The molecule has 0 amide bonds. The largest absolute Gasteiger partial charge is 0.497 e. The van der Waals surface area contributed by atoms with Gasteiger partial charge in [0, 0.05) is 11.1 Å². The Bertz CT molecular complexity index is 679. The molecule has 2 aromatic carbocycles. The van der Waals surface area contributed by atoms with Crippen molar-refractivity contribution in [3.05, 3.63) is 35.9 Å². The molecule has 5 heteroatoms. The van der Waals surface area contributed by atoms with E-state index < -0.39 is 0 Å². The molecule has 0 radical (unpaired) electrons. The highest BCUT2D eigenvalue weighted by atomic mass is 16.5. The molecule has 0 aliphatic carbocycles. The number of rotatable bonds is 6. The van der Waals surface area contributed by atoms with Crippen LogP contribution in [-0.2, 0) is 0 Å². The number of ether oxygens (including phenoxy) is 4. The molecule has 0 saturated carbocycles. The van der Waals surface area contributed by atoms with Gasteiger partial charge in [-0.05, 0) is 35.9 Å². The third kappa shape index (κ3) is 2.70. The number of aldehydes is 1. The molecular weight excluding hydrogens is 284 g/mol. The van der Waals surface area contributed by atoms with Gasteiger partial charge in [-0.1, -0.05) is 0 Å². The quantitative estimate of drug-likeness (QED) is 0.767. The molecule has 0 saturated heterocycles. The van der Waals surface area contributed by atoms with Gasteiger partial charge in [-0.25, -0.2) is 0 Å². The zero-order chi connectivity index (χ0) is 16.1. The molecule has 2 rings (SSSR count). The van der Waals surface area contributed by atoms with Gasteiger partial charge < -0.3 is 18.9 Å². The maximum Gasteiger partial charge on any atom is 0.203 e. The third-order valence-electron chi connectivity index (χ3n) is 3.38.